The Bertz CT molecular complexity index is 481. The van der Waals surface area contributed by atoms with Crippen molar-refractivity contribution in [3.8, 4) is 11.5 Å². The molecule has 0 fully saturated rings. The molecule has 0 unspecified atom stereocenters. The van der Waals surface area contributed by atoms with Crippen molar-refractivity contribution in [2.24, 2.45) is 0 Å². The van der Waals surface area contributed by atoms with Crippen molar-refractivity contribution in [1.82, 2.24) is 0 Å². The van der Waals surface area contributed by atoms with Crippen LogP contribution in [0.25, 0.3) is 0 Å². The Labute approximate surface area is 156 Å². The molecule has 0 aliphatic rings. The molecular weight excluding hydrogens is 386 g/mol. The maximum absolute atomic E-state index is 6.14. The Hall–Kier alpha value is -0.360. The third-order valence-electron chi connectivity index (χ3n) is 2.51. The van der Waals surface area contributed by atoms with Gasteiger partial charge in [0.1, 0.15) is 23.5 Å². The molecule has 0 aliphatic carbocycles. The van der Waals surface area contributed by atoms with E-state index >= 15 is 0 Å². The lowest BCUT2D eigenvalue weighted by Gasteiger charge is -2.12. The molecule has 0 aromatic heterocycles. The van der Waals surface area contributed by atoms with Gasteiger partial charge in [-0.15, -0.1) is 0 Å². The minimum atomic E-state index is 0.131. The van der Waals surface area contributed by atoms with Gasteiger partial charge in [-0.05, 0) is 13.0 Å². The van der Waals surface area contributed by atoms with Crippen molar-refractivity contribution >= 4 is 46.4 Å². The van der Waals surface area contributed by atoms with E-state index in [0.717, 1.165) is 0 Å². The SMILES string of the molecule is CCOCCOCCOc1c(Cl)cc(OCC=C(Cl)Cl)cc1Cl. The van der Waals surface area contributed by atoms with Crippen LogP contribution in [0.15, 0.2) is 22.7 Å². The normalized spacial score (nSPS) is 10.5. The van der Waals surface area contributed by atoms with Gasteiger partial charge in [-0.2, -0.15) is 0 Å². The maximum Gasteiger partial charge on any atom is 0.156 e. The molecule has 0 saturated carbocycles. The van der Waals surface area contributed by atoms with Crippen LogP contribution in [0, 0.1) is 0 Å². The minimum Gasteiger partial charge on any atom is -0.489 e. The fraction of sp³-hybridized carbons (Fsp3) is 0.467. The zero-order valence-electron chi connectivity index (χ0n) is 12.6. The molecule has 1 rings (SSSR count). The molecule has 1 aromatic rings. The minimum absolute atomic E-state index is 0.131. The molecule has 0 heterocycles. The zero-order chi connectivity index (χ0) is 17.1. The van der Waals surface area contributed by atoms with Crippen LogP contribution in [-0.2, 0) is 9.47 Å². The molecular formula is C15H18Cl4O4. The highest BCUT2D eigenvalue weighted by atomic mass is 35.5. The molecule has 8 heteroatoms. The van der Waals surface area contributed by atoms with Gasteiger partial charge >= 0.3 is 0 Å². The van der Waals surface area contributed by atoms with E-state index in [1.54, 1.807) is 12.1 Å². The van der Waals surface area contributed by atoms with Crippen molar-refractivity contribution in [1.29, 1.82) is 0 Å². The van der Waals surface area contributed by atoms with E-state index in [2.05, 4.69) is 0 Å². The standard InChI is InChI=1S/C15H18Cl4O4/c1-2-20-5-6-21-7-8-23-15-12(16)9-11(10-13(15)17)22-4-3-14(18)19/h3,9-10H,2,4-8H2,1H3. The summed E-state index contributed by atoms with van der Waals surface area (Å²) in [4.78, 5) is 0. The molecule has 0 atom stereocenters. The van der Waals surface area contributed by atoms with Gasteiger partial charge in [0, 0.05) is 18.7 Å². The molecule has 4 nitrogen and oxygen atoms in total. The smallest absolute Gasteiger partial charge is 0.156 e. The van der Waals surface area contributed by atoms with Gasteiger partial charge in [0.15, 0.2) is 5.75 Å². The monoisotopic (exact) mass is 402 g/mol. The summed E-state index contributed by atoms with van der Waals surface area (Å²) < 4.78 is 21.6. The second-order valence-electron chi connectivity index (χ2n) is 4.18. The largest absolute Gasteiger partial charge is 0.489 e. The number of benzene rings is 1. The molecule has 0 aliphatic heterocycles. The zero-order valence-corrected chi connectivity index (χ0v) is 15.6. The van der Waals surface area contributed by atoms with Crippen LogP contribution in [-0.4, -0.2) is 39.6 Å². The molecule has 0 spiro atoms. The second kappa shape index (κ2) is 12.1. The molecule has 0 bridgehead atoms. The Morgan fingerprint density at radius 3 is 2.17 bits per heavy atom. The van der Waals surface area contributed by atoms with E-state index in [1.165, 1.54) is 6.08 Å². The first-order valence-electron chi connectivity index (χ1n) is 6.95. The first kappa shape index (κ1) is 20.7. The lowest BCUT2D eigenvalue weighted by molar-refractivity contribution is 0.0405. The van der Waals surface area contributed by atoms with Gasteiger partial charge < -0.3 is 18.9 Å². The second-order valence-corrected chi connectivity index (χ2v) is 6.00. The van der Waals surface area contributed by atoms with Crippen LogP contribution in [0.2, 0.25) is 10.0 Å². The van der Waals surface area contributed by atoms with Gasteiger partial charge in [0.2, 0.25) is 0 Å². The topological polar surface area (TPSA) is 36.9 Å². The Morgan fingerprint density at radius 1 is 0.957 bits per heavy atom. The summed E-state index contributed by atoms with van der Waals surface area (Å²) in [6.07, 6.45) is 1.51. The van der Waals surface area contributed by atoms with Crippen LogP contribution in [0.4, 0.5) is 0 Å². The highest BCUT2D eigenvalue weighted by Gasteiger charge is 2.10. The van der Waals surface area contributed by atoms with Crippen molar-refractivity contribution in [3.05, 3.63) is 32.7 Å². The summed E-state index contributed by atoms with van der Waals surface area (Å²) in [5, 5.41) is 0.700. The molecule has 0 amide bonds. The van der Waals surface area contributed by atoms with E-state index in [-0.39, 0.29) is 11.1 Å². The number of ether oxygens (including phenoxy) is 4. The average molecular weight is 404 g/mol. The molecule has 23 heavy (non-hydrogen) atoms. The summed E-state index contributed by atoms with van der Waals surface area (Å²) in [6.45, 7) is 4.64. The van der Waals surface area contributed by atoms with E-state index in [0.29, 0.717) is 54.6 Å². The quantitative estimate of drug-likeness (QED) is 0.480. The average Bonchev–Trinajstić information content (AvgIpc) is 2.48. The molecule has 0 N–H and O–H groups in total. The maximum atomic E-state index is 6.14. The van der Waals surface area contributed by atoms with Gasteiger partial charge in [0.25, 0.3) is 0 Å². The Kier molecular flexibility index (Phi) is 10.9. The van der Waals surface area contributed by atoms with Gasteiger partial charge in [-0.1, -0.05) is 46.4 Å². The summed E-state index contributed by atoms with van der Waals surface area (Å²) >= 11 is 23.3. The molecule has 0 radical (unpaired) electrons. The van der Waals surface area contributed by atoms with Crippen molar-refractivity contribution in [3.63, 3.8) is 0 Å². The molecule has 130 valence electrons. The number of hydrogen-bond donors (Lipinski definition) is 0. The summed E-state index contributed by atoms with van der Waals surface area (Å²) in [6, 6.07) is 3.21. The Morgan fingerprint density at radius 2 is 1.57 bits per heavy atom. The van der Waals surface area contributed by atoms with E-state index in [1.807, 2.05) is 6.92 Å². The van der Waals surface area contributed by atoms with Gasteiger partial charge in [0.05, 0.1) is 29.9 Å². The van der Waals surface area contributed by atoms with Crippen molar-refractivity contribution in [2.45, 2.75) is 6.92 Å². The fourth-order valence-corrected chi connectivity index (χ4v) is 2.23. The lowest BCUT2D eigenvalue weighted by Crippen LogP contribution is -2.11. The highest BCUT2D eigenvalue weighted by molar-refractivity contribution is 6.55. The van der Waals surface area contributed by atoms with Crippen LogP contribution >= 0.6 is 46.4 Å². The van der Waals surface area contributed by atoms with Crippen LogP contribution in [0.5, 0.6) is 11.5 Å². The van der Waals surface area contributed by atoms with Crippen molar-refractivity contribution in [2.75, 3.05) is 39.6 Å². The van der Waals surface area contributed by atoms with Crippen LogP contribution < -0.4 is 9.47 Å². The van der Waals surface area contributed by atoms with Crippen LogP contribution in [0.3, 0.4) is 0 Å². The summed E-state index contributed by atoms with van der Waals surface area (Å²) in [7, 11) is 0. The van der Waals surface area contributed by atoms with E-state index in [9.17, 15) is 0 Å². The predicted molar refractivity (Wildman–Crippen MR) is 94.6 cm³/mol. The lowest BCUT2D eigenvalue weighted by atomic mass is 10.3. The molecule has 1 aromatic carbocycles. The van der Waals surface area contributed by atoms with E-state index < -0.39 is 0 Å². The van der Waals surface area contributed by atoms with Gasteiger partial charge in [-0.3, -0.25) is 0 Å². The highest BCUT2D eigenvalue weighted by Crippen LogP contribution is 2.36. The predicted octanol–water partition coefficient (Wildman–Crippen LogP) is 5.12. The van der Waals surface area contributed by atoms with Crippen LogP contribution in [0.1, 0.15) is 6.92 Å². The summed E-state index contributed by atoms with van der Waals surface area (Å²) in [5.74, 6) is 0.881. The summed E-state index contributed by atoms with van der Waals surface area (Å²) in [5.41, 5.74) is 0. The third-order valence-corrected chi connectivity index (χ3v) is 3.38. The van der Waals surface area contributed by atoms with E-state index in [4.69, 9.17) is 65.4 Å². The number of hydrogen-bond acceptors (Lipinski definition) is 4. The first-order valence-corrected chi connectivity index (χ1v) is 8.47. The van der Waals surface area contributed by atoms with Gasteiger partial charge in [-0.25, -0.2) is 0 Å². The Balaban J connectivity index is 2.42. The number of rotatable bonds is 11. The van der Waals surface area contributed by atoms with Crippen molar-refractivity contribution < 1.29 is 18.9 Å². The molecule has 0 saturated heterocycles. The third kappa shape index (κ3) is 8.89. The first-order chi connectivity index (χ1) is 11.0. The number of halogens is 4. The fourth-order valence-electron chi connectivity index (χ4n) is 1.53.